The van der Waals surface area contributed by atoms with Gasteiger partial charge in [-0.1, -0.05) is 19.9 Å². The van der Waals surface area contributed by atoms with E-state index in [9.17, 15) is 21.6 Å². The number of rotatable bonds is 4. The minimum atomic E-state index is -4.61. The molecule has 1 aromatic carbocycles. The zero-order valence-electron chi connectivity index (χ0n) is 11.5. The lowest BCUT2D eigenvalue weighted by Gasteiger charge is -2.09. The fourth-order valence-corrected chi connectivity index (χ4v) is 3.50. The molecule has 2 rings (SSSR count). The Kier molecular flexibility index (Phi) is 4.43. The third-order valence-electron chi connectivity index (χ3n) is 2.65. The van der Waals surface area contributed by atoms with E-state index >= 15 is 0 Å². The van der Waals surface area contributed by atoms with E-state index in [1.807, 2.05) is 13.8 Å². The minimum Gasteiger partial charge on any atom is -0.253 e. The van der Waals surface area contributed by atoms with Gasteiger partial charge in [0.05, 0.1) is 10.5 Å². The van der Waals surface area contributed by atoms with E-state index in [1.54, 1.807) is 0 Å². The molecule has 120 valence electrons. The molecule has 5 nitrogen and oxygen atoms in total. The molecular weight excluding hydrogens is 339 g/mol. The first kappa shape index (κ1) is 16.7. The van der Waals surface area contributed by atoms with Crippen molar-refractivity contribution in [2.75, 3.05) is 4.72 Å². The van der Waals surface area contributed by atoms with E-state index in [1.165, 1.54) is 0 Å². The minimum absolute atomic E-state index is 0.0149. The largest absolute Gasteiger partial charge is 0.416 e. The molecule has 1 N–H and O–H groups in total. The van der Waals surface area contributed by atoms with E-state index in [2.05, 4.69) is 14.1 Å². The molecule has 10 heteroatoms. The third kappa shape index (κ3) is 3.74. The topological polar surface area (TPSA) is 72.0 Å². The van der Waals surface area contributed by atoms with E-state index in [-0.39, 0.29) is 11.0 Å². The summed E-state index contributed by atoms with van der Waals surface area (Å²) in [5.74, 6) is 0.481. The first-order valence-corrected chi connectivity index (χ1v) is 8.39. The Morgan fingerprint density at radius 3 is 2.50 bits per heavy atom. The molecule has 0 amide bonds. The summed E-state index contributed by atoms with van der Waals surface area (Å²) in [5, 5.41) is 0.0149. The van der Waals surface area contributed by atoms with Crippen molar-refractivity contribution in [1.82, 2.24) is 9.36 Å². The Labute approximate surface area is 129 Å². The SMILES string of the molecule is CC(C)c1nsc(NS(=O)(=O)c2cccc(C(F)(F)F)c2)n1. The van der Waals surface area contributed by atoms with Crippen LogP contribution in [-0.4, -0.2) is 17.8 Å². The predicted molar refractivity (Wildman–Crippen MR) is 76.3 cm³/mol. The Morgan fingerprint density at radius 2 is 1.95 bits per heavy atom. The van der Waals surface area contributed by atoms with Crippen LogP contribution in [0.2, 0.25) is 0 Å². The Balaban J connectivity index is 2.30. The molecule has 0 bridgehead atoms. The highest BCUT2D eigenvalue weighted by Gasteiger charge is 2.31. The van der Waals surface area contributed by atoms with Crippen molar-refractivity contribution in [2.45, 2.75) is 30.8 Å². The molecule has 0 radical (unpaired) electrons. The second kappa shape index (κ2) is 5.84. The van der Waals surface area contributed by atoms with Crippen molar-refractivity contribution in [2.24, 2.45) is 0 Å². The number of sulfonamides is 1. The van der Waals surface area contributed by atoms with Crippen LogP contribution in [0.1, 0.15) is 31.2 Å². The van der Waals surface area contributed by atoms with Crippen LogP contribution in [0.25, 0.3) is 0 Å². The molecular formula is C12H12F3N3O2S2. The number of hydrogen-bond donors (Lipinski definition) is 1. The molecule has 0 fully saturated rings. The fraction of sp³-hybridized carbons (Fsp3) is 0.333. The maximum absolute atomic E-state index is 12.6. The standard InChI is InChI=1S/C12H12F3N3O2S2/c1-7(2)10-16-11(21-17-10)18-22(19,20)9-5-3-4-8(6-9)12(13,14)15/h3-7H,1-2H3,(H,16,17,18). The van der Waals surface area contributed by atoms with Gasteiger partial charge in [-0.25, -0.2) is 13.4 Å². The van der Waals surface area contributed by atoms with Gasteiger partial charge in [-0.15, -0.1) is 0 Å². The molecule has 1 aromatic heterocycles. The van der Waals surface area contributed by atoms with Crippen molar-refractivity contribution in [3.05, 3.63) is 35.7 Å². The number of hydrogen-bond acceptors (Lipinski definition) is 5. The third-order valence-corrected chi connectivity index (χ3v) is 4.76. The van der Waals surface area contributed by atoms with Crippen molar-refractivity contribution < 1.29 is 21.6 Å². The summed E-state index contributed by atoms with van der Waals surface area (Å²) in [6.45, 7) is 3.68. The van der Waals surface area contributed by atoms with Crippen LogP contribution in [0.4, 0.5) is 18.3 Å². The van der Waals surface area contributed by atoms with E-state index < -0.39 is 26.7 Å². The highest BCUT2D eigenvalue weighted by atomic mass is 32.2. The molecule has 0 atom stereocenters. The number of anilines is 1. The Hall–Kier alpha value is -1.68. The molecule has 0 aliphatic rings. The Morgan fingerprint density at radius 1 is 1.27 bits per heavy atom. The van der Waals surface area contributed by atoms with Gasteiger partial charge in [-0.2, -0.15) is 17.5 Å². The number of aromatic nitrogens is 2. The lowest BCUT2D eigenvalue weighted by Crippen LogP contribution is -2.14. The lowest BCUT2D eigenvalue weighted by molar-refractivity contribution is -0.137. The van der Waals surface area contributed by atoms with Crippen molar-refractivity contribution >= 4 is 26.7 Å². The van der Waals surface area contributed by atoms with E-state index in [0.717, 1.165) is 29.7 Å². The first-order valence-electron chi connectivity index (χ1n) is 6.13. The molecule has 2 aromatic rings. The maximum atomic E-state index is 12.6. The quantitative estimate of drug-likeness (QED) is 0.915. The second-order valence-electron chi connectivity index (χ2n) is 4.74. The van der Waals surface area contributed by atoms with Gasteiger partial charge in [0.25, 0.3) is 10.0 Å². The zero-order chi connectivity index (χ0) is 16.5. The maximum Gasteiger partial charge on any atom is 0.416 e. The van der Waals surface area contributed by atoms with Crippen molar-refractivity contribution in [3.8, 4) is 0 Å². The summed E-state index contributed by atoms with van der Waals surface area (Å²) >= 11 is 0.836. The molecule has 0 unspecified atom stereocenters. The number of benzene rings is 1. The molecule has 0 spiro atoms. The average molecular weight is 351 g/mol. The van der Waals surface area contributed by atoms with Crippen LogP contribution >= 0.6 is 11.5 Å². The normalized spacial score (nSPS) is 12.6. The van der Waals surface area contributed by atoms with Gasteiger partial charge in [0, 0.05) is 17.5 Å². The predicted octanol–water partition coefficient (Wildman–Crippen LogP) is 3.48. The van der Waals surface area contributed by atoms with Gasteiger partial charge in [-0.05, 0) is 18.2 Å². The highest BCUT2D eigenvalue weighted by Crippen LogP contribution is 2.31. The highest BCUT2D eigenvalue weighted by molar-refractivity contribution is 7.93. The van der Waals surface area contributed by atoms with Gasteiger partial charge in [0.1, 0.15) is 5.82 Å². The number of nitrogens with one attached hydrogen (secondary N) is 1. The van der Waals surface area contributed by atoms with Crippen molar-refractivity contribution in [1.29, 1.82) is 0 Å². The van der Waals surface area contributed by atoms with Crippen molar-refractivity contribution in [3.63, 3.8) is 0 Å². The Bertz CT molecular complexity index is 770. The van der Waals surface area contributed by atoms with Crippen LogP contribution in [0.5, 0.6) is 0 Å². The summed E-state index contributed by atoms with van der Waals surface area (Å²) in [7, 11) is -4.15. The number of halogens is 3. The van der Waals surface area contributed by atoms with Crippen LogP contribution in [0, 0.1) is 0 Å². The summed E-state index contributed by atoms with van der Waals surface area (Å²) in [6, 6.07) is 3.51. The van der Waals surface area contributed by atoms with E-state index in [4.69, 9.17) is 0 Å². The molecule has 0 aliphatic heterocycles. The van der Waals surface area contributed by atoms with E-state index in [0.29, 0.717) is 11.9 Å². The molecule has 0 aliphatic carbocycles. The molecule has 22 heavy (non-hydrogen) atoms. The average Bonchev–Trinajstić information content (AvgIpc) is 2.86. The fourth-order valence-electron chi connectivity index (χ4n) is 1.52. The lowest BCUT2D eigenvalue weighted by atomic mass is 10.2. The van der Waals surface area contributed by atoms with Gasteiger partial charge < -0.3 is 0 Å². The van der Waals surface area contributed by atoms with Gasteiger partial charge in [-0.3, -0.25) is 4.72 Å². The zero-order valence-corrected chi connectivity index (χ0v) is 13.2. The van der Waals surface area contributed by atoms with Crippen LogP contribution in [0.3, 0.4) is 0 Å². The van der Waals surface area contributed by atoms with Gasteiger partial charge in [0.15, 0.2) is 0 Å². The summed E-state index contributed by atoms with van der Waals surface area (Å²) in [6.07, 6.45) is -4.61. The number of nitrogens with zero attached hydrogens (tertiary/aromatic N) is 2. The van der Waals surface area contributed by atoms with Gasteiger partial charge >= 0.3 is 6.18 Å². The smallest absolute Gasteiger partial charge is 0.253 e. The monoisotopic (exact) mass is 351 g/mol. The van der Waals surface area contributed by atoms with Crippen LogP contribution < -0.4 is 4.72 Å². The van der Waals surface area contributed by atoms with Crippen LogP contribution in [0.15, 0.2) is 29.2 Å². The van der Waals surface area contributed by atoms with Gasteiger partial charge in [0.2, 0.25) is 5.13 Å². The molecule has 1 heterocycles. The first-order chi connectivity index (χ1) is 10.1. The van der Waals surface area contributed by atoms with Crippen LogP contribution in [-0.2, 0) is 16.2 Å². The summed E-state index contributed by atoms with van der Waals surface area (Å²) in [5.41, 5.74) is -1.03. The number of alkyl halides is 3. The molecule has 0 saturated carbocycles. The molecule has 0 saturated heterocycles. The second-order valence-corrected chi connectivity index (χ2v) is 7.18. The summed E-state index contributed by atoms with van der Waals surface area (Å²) in [4.78, 5) is 3.50. The summed E-state index contributed by atoms with van der Waals surface area (Å²) < 4.78 is 68.3.